The lowest BCUT2D eigenvalue weighted by Gasteiger charge is -2.21. The highest BCUT2D eigenvalue weighted by molar-refractivity contribution is 6.35. The maximum Gasteiger partial charge on any atom is 0.0562 e. The Morgan fingerprint density at radius 3 is 1.24 bits per heavy atom. The third-order valence-corrected chi connectivity index (χ3v) is 7.60. The van der Waals surface area contributed by atoms with E-state index in [-0.39, 0.29) is 36.9 Å². The first-order chi connectivity index (χ1) is 18.9. The van der Waals surface area contributed by atoms with Crippen molar-refractivity contribution in [1.29, 1.82) is 0 Å². The molecule has 2 nitrogen and oxygen atoms in total. The highest BCUT2D eigenvalue weighted by Crippen LogP contribution is 2.32. The third kappa shape index (κ3) is 9.89. The normalized spacial score (nSPS) is 11.8. The zero-order chi connectivity index (χ0) is 27.8. The van der Waals surface area contributed by atoms with Crippen LogP contribution in [0.4, 0.5) is 11.4 Å². The van der Waals surface area contributed by atoms with Crippen LogP contribution in [0.3, 0.4) is 0 Å². The quantitative estimate of drug-likeness (QED) is 0.147. The Hall–Kier alpha value is -2.30. The smallest absolute Gasteiger partial charge is 0.0562 e. The summed E-state index contributed by atoms with van der Waals surface area (Å²) in [6.45, 7) is 7.80. The Kier molecular flexibility index (Phi) is 14.4. The van der Waals surface area contributed by atoms with E-state index in [1.165, 1.54) is 11.1 Å². The number of anilines is 2. The monoisotopic (exact) mass is 666 g/mol. The summed E-state index contributed by atoms with van der Waals surface area (Å²) in [7, 11) is 0. The lowest BCUT2D eigenvalue weighted by molar-refractivity contribution is 0.799. The molecule has 0 aromatic heterocycles. The highest BCUT2D eigenvalue weighted by Gasteiger charge is 2.15. The number of hydrogen-bond donors (Lipinski definition) is 2. The first-order valence-electron chi connectivity index (χ1n) is 12.7. The summed E-state index contributed by atoms with van der Waals surface area (Å²) < 4.78 is 0. The highest BCUT2D eigenvalue weighted by atomic mass is 35.5. The fourth-order valence-electron chi connectivity index (χ4n) is 4.50. The van der Waals surface area contributed by atoms with E-state index in [2.05, 4.69) is 72.3 Å². The summed E-state index contributed by atoms with van der Waals surface area (Å²) in [5.74, 6) is 0. The minimum atomic E-state index is 0. The van der Waals surface area contributed by atoms with Crippen molar-refractivity contribution in [2.24, 2.45) is 0 Å². The molecule has 2 unspecified atom stereocenters. The fraction of sp³-hybridized carbons (Fsp3) is 0.152. The van der Waals surface area contributed by atoms with Crippen LogP contribution < -0.4 is 10.6 Å². The minimum Gasteiger partial charge on any atom is -0.378 e. The SMILES string of the molecule is C=CCC(Nc1ccc(Cc2ccc(NC(CC=C)c3ccc(Cl)cc3Cl)cc2)cc1)c1ccc(Cl)cc1Cl.Cl.Cl. The molecule has 4 aromatic carbocycles. The van der Waals surface area contributed by atoms with Crippen LogP contribution in [0, 0.1) is 0 Å². The summed E-state index contributed by atoms with van der Waals surface area (Å²) in [5, 5.41) is 9.67. The summed E-state index contributed by atoms with van der Waals surface area (Å²) >= 11 is 25.1. The van der Waals surface area contributed by atoms with Gasteiger partial charge in [-0.15, -0.1) is 38.0 Å². The first kappa shape index (κ1) is 34.9. The first-order valence-corrected chi connectivity index (χ1v) is 14.2. The van der Waals surface area contributed by atoms with Crippen LogP contribution in [0.5, 0.6) is 0 Å². The topological polar surface area (TPSA) is 24.1 Å². The van der Waals surface area contributed by atoms with Crippen molar-refractivity contribution in [3.05, 3.63) is 153 Å². The van der Waals surface area contributed by atoms with E-state index >= 15 is 0 Å². The van der Waals surface area contributed by atoms with Crippen LogP contribution in [0.25, 0.3) is 0 Å². The second-order valence-corrected chi connectivity index (χ2v) is 11.0. The largest absolute Gasteiger partial charge is 0.378 e. The zero-order valence-electron chi connectivity index (χ0n) is 22.3. The summed E-state index contributed by atoms with van der Waals surface area (Å²) in [6, 6.07) is 28.2. The van der Waals surface area contributed by atoms with Gasteiger partial charge >= 0.3 is 0 Å². The van der Waals surface area contributed by atoms with Gasteiger partial charge in [-0.3, -0.25) is 0 Å². The van der Waals surface area contributed by atoms with Gasteiger partial charge in [0.2, 0.25) is 0 Å². The van der Waals surface area contributed by atoms with E-state index in [1.54, 1.807) is 12.1 Å². The molecule has 0 aliphatic rings. The lowest BCUT2D eigenvalue weighted by atomic mass is 10.0. The average Bonchev–Trinajstić information content (AvgIpc) is 2.90. The fourth-order valence-corrected chi connectivity index (χ4v) is 5.58. The Morgan fingerprint density at radius 2 is 0.927 bits per heavy atom. The number of nitrogens with one attached hydrogen (secondary N) is 2. The molecule has 0 amide bonds. The molecule has 4 rings (SSSR count). The number of halogens is 6. The van der Waals surface area contributed by atoms with Crippen molar-refractivity contribution in [3.8, 4) is 0 Å². The van der Waals surface area contributed by atoms with E-state index in [0.29, 0.717) is 20.1 Å². The Balaban J connectivity index is 0.00000294. The predicted molar refractivity (Wildman–Crippen MR) is 185 cm³/mol. The van der Waals surface area contributed by atoms with Crippen LogP contribution in [0.1, 0.15) is 47.2 Å². The molecule has 216 valence electrons. The van der Waals surface area contributed by atoms with E-state index in [4.69, 9.17) is 46.4 Å². The van der Waals surface area contributed by atoms with Crippen LogP contribution in [-0.2, 0) is 6.42 Å². The predicted octanol–water partition coefficient (Wildman–Crippen LogP) is 12.2. The van der Waals surface area contributed by atoms with Crippen molar-refractivity contribution >= 4 is 82.6 Å². The van der Waals surface area contributed by atoms with Gasteiger partial charge in [-0.2, -0.15) is 0 Å². The van der Waals surface area contributed by atoms with Crippen molar-refractivity contribution in [3.63, 3.8) is 0 Å². The van der Waals surface area contributed by atoms with Crippen molar-refractivity contribution < 1.29 is 0 Å². The number of hydrogen-bond acceptors (Lipinski definition) is 2. The molecule has 0 heterocycles. The molecular formula is C33H32Cl6N2. The molecule has 0 fully saturated rings. The van der Waals surface area contributed by atoms with Gasteiger partial charge in [0.15, 0.2) is 0 Å². The summed E-state index contributed by atoms with van der Waals surface area (Å²) in [6.07, 6.45) is 6.08. The molecule has 8 heteroatoms. The molecule has 2 atom stereocenters. The van der Waals surface area contributed by atoms with Crippen LogP contribution in [0.15, 0.2) is 110 Å². The molecule has 0 bridgehead atoms. The molecule has 4 aromatic rings. The third-order valence-electron chi connectivity index (χ3n) is 6.48. The van der Waals surface area contributed by atoms with Gasteiger partial charge in [0.05, 0.1) is 12.1 Å². The van der Waals surface area contributed by atoms with E-state index in [9.17, 15) is 0 Å². The van der Waals surface area contributed by atoms with Gasteiger partial charge in [0.1, 0.15) is 0 Å². The Labute approximate surface area is 275 Å². The molecule has 0 saturated heterocycles. The molecule has 0 spiro atoms. The number of benzene rings is 4. The lowest BCUT2D eigenvalue weighted by Crippen LogP contribution is -2.10. The standard InChI is InChI=1S/C33H30Cl4N2.2ClH/c1-3-5-32(28-17-11-24(34)20-30(28)36)38-26-13-7-22(8-14-26)19-23-9-15-27(16-10-23)39-33(6-4-2)29-18-12-25(35)21-31(29)37;;/h3-4,7-18,20-21,32-33,38-39H,1-2,5-6,19H2;2*1H. The van der Waals surface area contributed by atoms with Gasteiger partial charge < -0.3 is 10.6 Å². The van der Waals surface area contributed by atoms with Gasteiger partial charge in [0, 0.05) is 31.5 Å². The summed E-state index contributed by atoms with van der Waals surface area (Å²) in [4.78, 5) is 0. The maximum atomic E-state index is 6.46. The van der Waals surface area contributed by atoms with Crippen LogP contribution in [0.2, 0.25) is 20.1 Å². The maximum absolute atomic E-state index is 6.46. The van der Waals surface area contributed by atoms with Gasteiger partial charge in [-0.1, -0.05) is 95.0 Å². The van der Waals surface area contributed by atoms with E-state index < -0.39 is 0 Å². The second-order valence-electron chi connectivity index (χ2n) is 9.34. The average molecular weight is 669 g/mol. The zero-order valence-corrected chi connectivity index (χ0v) is 26.9. The van der Waals surface area contributed by atoms with E-state index in [0.717, 1.165) is 41.8 Å². The van der Waals surface area contributed by atoms with Gasteiger partial charge in [-0.05, 0) is 90.0 Å². The molecule has 0 aliphatic carbocycles. The second kappa shape index (κ2) is 17.0. The molecular weight excluding hydrogens is 637 g/mol. The van der Waals surface area contributed by atoms with Crippen LogP contribution >= 0.6 is 71.2 Å². The Bertz CT molecular complexity index is 1310. The molecule has 0 aliphatic heterocycles. The van der Waals surface area contributed by atoms with E-state index in [1.807, 2.05) is 36.4 Å². The number of rotatable bonds is 12. The van der Waals surface area contributed by atoms with Gasteiger partial charge in [0.25, 0.3) is 0 Å². The van der Waals surface area contributed by atoms with Crippen molar-refractivity contribution in [2.45, 2.75) is 31.3 Å². The summed E-state index contributed by atoms with van der Waals surface area (Å²) in [5.41, 5.74) is 6.47. The molecule has 0 radical (unpaired) electrons. The van der Waals surface area contributed by atoms with Crippen LogP contribution in [-0.4, -0.2) is 0 Å². The molecule has 2 N–H and O–H groups in total. The van der Waals surface area contributed by atoms with Gasteiger partial charge in [-0.25, -0.2) is 0 Å². The van der Waals surface area contributed by atoms with Crippen molar-refractivity contribution in [1.82, 2.24) is 0 Å². The minimum absolute atomic E-state index is 0. The van der Waals surface area contributed by atoms with Crippen molar-refractivity contribution in [2.75, 3.05) is 10.6 Å². The molecule has 41 heavy (non-hydrogen) atoms. The molecule has 0 saturated carbocycles. The Morgan fingerprint density at radius 1 is 0.561 bits per heavy atom.